The summed E-state index contributed by atoms with van der Waals surface area (Å²) in [4.78, 5) is 12.0. The summed E-state index contributed by atoms with van der Waals surface area (Å²) < 4.78 is 21.4. The molecule has 0 heterocycles. The minimum Gasteiger partial charge on any atom is -0.489 e. The van der Waals surface area contributed by atoms with Gasteiger partial charge in [-0.2, -0.15) is 0 Å². The number of carboxylic acid groups (broad SMARTS) is 1. The second-order valence-electron chi connectivity index (χ2n) is 12.9. The van der Waals surface area contributed by atoms with E-state index in [2.05, 4.69) is 44.2 Å². The summed E-state index contributed by atoms with van der Waals surface area (Å²) in [5.74, 6) is 0.0112. The third-order valence-corrected chi connectivity index (χ3v) is 10.1. The molecule has 39 heavy (non-hydrogen) atoms. The van der Waals surface area contributed by atoms with Gasteiger partial charge in [-0.25, -0.2) is 4.39 Å². The predicted molar refractivity (Wildman–Crippen MR) is 153 cm³/mol. The summed E-state index contributed by atoms with van der Waals surface area (Å²) >= 11 is 0. The molecule has 0 bridgehead atoms. The molecule has 1 spiro atoms. The van der Waals surface area contributed by atoms with Crippen LogP contribution in [0, 0.1) is 24.1 Å². The van der Waals surface area contributed by atoms with Gasteiger partial charge in [0.15, 0.2) is 0 Å². The summed E-state index contributed by atoms with van der Waals surface area (Å²) in [5.41, 5.74) is 7.38. The number of carbonyl (C=O) groups is 1. The third-order valence-electron chi connectivity index (χ3n) is 10.1. The van der Waals surface area contributed by atoms with Gasteiger partial charge < -0.3 is 9.84 Å². The van der Waals surface area contributed by atoms with Crippen LogP contribution in [0.15, 0.2) is 54.6 Å². The van der Waals surface area contributed by atoms with Gasteiger partial charge in [-0.3, -0.25) is 4.79 Å². The van der Waals surface area contributed by atoms with Gasteiger partial charge in [0.1, 0.15) is 18.2 Å². The summed E-state index contributed by atoms with van der Waals surface area (Å²) in [5, 5.41) is 9.83. The largest absolute Gasteiger partial charge is 0.489 e. The number of fused-ring (bicyclic) bond motifs is 2. The van der Waals surface area contributed by atoms with Gasteiger partial charge in [-0.1, -0.05) is 56.2 Å². The van der Waals surface area contributed by atoms with E-state index >= 15 is 4.39 Å². The van der Waals surface area contributed by atoms with Crippen LogP contribution in [0.1, 0.15) is 92.5 Å². The quantitative estimate of drug-likeness (QED) is 0.349. The van der Waals surface area contributed by atoms with Crippen LogP contribution in [0.2, 0.25) is 0 Å². The van der Waals surface area contributed by atoms with Crippen LogP contribution >= 0.6 is 0 Å². The van der Waals surface area contributed by atoms with E-state index in [-0.39, 0.29) is 22.6 Å². The van der Waals surface area contributed by atoms with Crippen molar-refractivity contribution >= 4 is 5.97 Å². The van der Waals surface area contributed by atoms with E-state index < -0.39 is 5.97 Å². The molecule has 3 aliphatic rings. The molecule has 2 saturated carbocycles. The molecule has 0 amide bonds. The van der Waals surface area contributed by atoms with E-state index in [0.29, 0.717) is 18.1 Å². The van der Waals surface area contributed by atoms with Crippen LogP contribution in [0.25, 0.3) is 11.1 Å². The Morgan fingerprint density at radius 3 is 2.54 bits per heavy atom. The van der Waals surface area contributed by atoms with Crippen molar-refractivity contribution in [1.82, 2.24) is 0 Å². The summed E-state index contributed by atoms with van der Waals surface area (Å²) in [7, 11) is 0. The van der Waals surface area contributed by atoms with E-state index in [1.807, 2.05) is 25.1 Å². The number of ether oxygens (including phenoxy) is 1. The number of benzene rings is 3. The van der Waals surface area contributed by atoms with Crippen molar-refractivity contribution in [1.29, 1.82) is 0 Å². The minimum absolute atomic E-state index is 0.158. The van der Waals surface area contributed by atoms with Gasteiger partial charge in [0.05, 0.1) is 5.92 Å². The van der Waals surface area contributed by atoms with Crippen molar-refractivity contribution in [2.45, 2.75) is 90.1 Å². The number of rotatable bonds is 6. The van der Waals surface area contributed by atoms with E-state index in [9.17, 15) is 9.90 Å². The highest BCUT2D eigenvalue weighted by Crippen LogP contribution is 2.56. The molecular formula is C35H39FO3. The average Bonchev–Trinajstić information content (AvgIpc) is 3.26. The monoisotopic (exact) mass is 526 g/mol. The van der Waals surface area contributed by atoms with Crippen molar-refractivity contribution in [3.8, 4) is 16.9 Å². The molecule has 3 nitrogen and oxygen atoms in total. The van der Waals surface area contributed by atoms with Crippen LogP contribution < -0.4 is 4.74 Å². The second kappa shape index (κ2) is 9.80. The van der Waals surface area contributed by atoms with Gasteiger partial charge in [0.25, 0.3) is 0 Å². The Hall–Kier alpha value is -3.14. The minimum atomic E-state index is -0.673. The molecule has 3 aliphatic carbocycles. The Labute approximate surface area is 231 Å². The third kappa shape index (κ3) is 4.56. The lowest BCUT2D eigenvalue weighted by molar-refractivity contribution is -0.150. The Bertz CT molecular complexity index is 1420. The zero-order chi connectivity index (χ0) is 27.4. The number of aliphatic carboxylic acids is 1. The standard InChI is InChI=1S/C35H39FO3/c1-22-8-13-32(36)28(18-22)26-12-9-23(19-27(26)29-7-5-15-34(29,2)3)21-39-25-11-10-24-6-4-16-35(31(24)20-25)17-14-30(35)33(37)38/h8-13,18-20,29-30H,4-7,14-17,21H2,1-3H3,(H,37,38)/t29-,30-,35-/m0/s1. The SMILES string of the molecule is Cc1ccc(F)c(-c2ccc(COc3ccc4c(c3)[C@@]3(CCC4)CC[C@H]3C(=O)O)cc2[C@@H]2CCCC2(C)C)c1. The number of carboxylic acids is 1. The number of halogens is 1. The summed E-state index contributed by atoms with van der Waals surface area (Å²) in [6.07, 6.45) is 8.15. The first kappa shape index (κ1) is 26.1. The first-order valence-corrected chi connectivity index (χ1v) is 14.6. The van der Waals surface area contributed by atoms with Crippen molar-refractivity contribution < 1.29 is 19.0 Å². The van der Waals surface area contributed by atoms with Crippen molar-refractivity contribution in [3.63, 3.8) is 0 Å². The van der Waals surface area contributed by atoms with Crippen LogP contribution in [-0.2, 0) is 23.2 Å². The van der Waals surface area contributed by atoms with Crippen LogP contribution in [0.4, 0.5) is 4.39 Å². The first-order valence-electron chi connectivity index (χ1n) is 14.6. The van der Waals surface area contributed by atoms with Gasteiger partial charge in [-0.05, 0) is 115 Å². The molecule has 0 aliphatic heterocycles. The molecule has 2 fully saturated rings. The summed E-state index contributed by atoms with van der Waals surface area (Å²) in [6.45, 7) is 7.09. The van der Waals surface area contributed by atoms with Crippen LogP contribution in [0.3, 0.4) is 0 Å². The van der Waals surface area contributed by atoms with E-state index in [0.717, 1.165) is 61.0 Å². The lowest BCUT2D eigenvalue weighted by Gasteiger charge is -2.51. The highest BCUT2D eigenvalue weighted by molar-refractivity contribution is 5.75. The molecule has 6 rings (SSSR count). The molecule has 0 saturated heterocycles. The van der Waals surface area contributed by atoms with Crippen molar-refractivity contribution in [3.05, 3.63) is 88.2 Å². The number of hydrogen-bond acceptors (Lipinski definition) is 2. The second-order valence-corrected chi connectivity index (χ2v) is 12.9. The molecule has 3 aromatic rings. The van der Waals surface area contributed by atoms with E-state index in [1.165, 1.54) is 29.5 Å². The fraction of sp³-hybridized carbons (Fsp3) is 0.457. The zero-order valence-corrected chi connectivity index (χ0v) is 23.4. The molecule has 0 unspecified atom stereocenters. The molecule has 1 N–H and O–H groups in total. The van der Waals surface area contributed by atoms with Gasteiger partial charge in [0.2, 0.25) is 0 Å². The molecule has 0 aromatic heterocycles. The molecule has 204 valence electrons. The Kier molecular flexibility index (Phi) is 6.56. The van der Waals surface area contributed by atoms with Crippen molar-refractivity contribution in [2.75, 3.05) is 0 Å². The van der Waals surface area contributed by atoms with Gasteiger partial charge in [0, 0.05) is 11.0 Å². The van der Waals surface area contributed by atoms with Crippen LogP contribution in [0.5, 0.6) is 5.75 Å². The molecule has 0 radical (unpaired) electrons. The van der Waals surface area contributed by atoms with Crippen molar-refractivity contribution in [2.24, 2.45) is 11.3 Å². The summed E-state index contributed by atoms with van der Waals surface area (Å²) in [6, 6.07) is 18.0. The zero-order valence-electron chi connectivity index (χ0n) is 23.4. The maximum absolute atomic E-state index is 15.0. The maximum Gasteiger partial charge on any atom is 0.307 e. The fourth-order valence-corrected chi connectivity index (χ4v) is 7.83. The number of aryl methyl sites for hydroxylation is 2. The topological polar surface area (TPSA) is 46.5 Å². The average molecular weight is 527 g/mol. The van der Waals surface area contributed by atoms with E-state index in [1.54, 1.807) is 6.07 Å². The molecule has 3 aromatic carbocycles. The predicted octanol–water partition coefficient (Wildman–Crippen LogP) is 8.74. The maximum atomic E-state index is 15.0. The molecule has 3 atom stereocenters. The highest BCUT2D eigenvalue weighted by Gasteiger charge is 2.53. The highest BCUT2D eigenvalue weighted by atomic mass is 19.1. The van der Waals surface area contributed by atoms with Gasteiger partial charge >= 0.3 is 5.97 Å². The lowest BCUT2D eigenvalue weighted by Crippen LogP contribution is -2.50. The fourth-order valence-electron chi connectivity index (χ4n) is 7.83. The molecular weight excluding hydrogens is 487 g/mol. The first-order chi connectivity index (χ1) is 18.7. The van der Waals surface area contributed by atoms with E-state index in [4.69, 9.17) is 4.74 Å². The van der Waals surface area contributed by atoms with Gasteiger partial charge in [-0.15, -0.1) is 0 Å². The Morgan fingerprint density at radius 1 is 0.974 bits per heavy atom. The number of hydrogen-bond donors (Lipinski definition) is 1. The lowest BCUT2D eigenvalue weighted by atomic mass is 9.52. The smallest absolute Gasteiger partial charge is 0.307 e. The normalized spacial score (nSPS) is 25.2. The Morgan fingerprint density at radius 2 is 1.82 bits per heavy atom. The molecule has 4 heteroatoms. The Balaban J connectivity index is 1.31. The van der Waals surface area contributed by atoms with Crippen LogP contribution in [-0.4, -0.2) is 11.1 Å².